The van der Waals surface area contributed by atoms with E-state index in [1.807, 2.05) is 18.3 Å². The minimum atomic E-state index is 0. The Morgan fingerprint density at radius 1 is 1.29 bits per heavy atom. The number of nitrogens with two attached hydrogens (primary N) is 1. The summed E-state index contributed by atoms with van der Waals surface area (Å²) in [4.78, 5) is 2.42. The van der Waals surface area contributed by atoms with Crippen LogP contribution in [0.15, 0.2) is 30.5 Å². The highest BCUT2D eigenvalue weighted by molar-refractivity contribution is 5.85. The summed E-state index contributed by atoms with van der Waals surface area (Å²) in [6.45, 7) is 6.31. The van der Waals surface area contributed by atoms with Gasteiger partial charge in [0, 0.05) is 30.2 Å². The first-order valence-electron chi connectivity index (χ1n) is 7.31. The fourth-order valence-electron chi connectivity index (χ4n) is 3.02. The van der Waals surface area contributed by atoms with Gasteiger partial charge in [0.05, 0.1) is 12.2 Å². The van der Waals surface area contributed by atoms with Crippen molar-refractivity contribution in [3.05, 3.63) is 41.7 Å². The molecule has 0 aliphatic carbocycles. The van der Waals surface area contributed by atoms with Crippen LogP contribution in [0.2, 0.25) is 0 Å². The fraction of sp³-hybridized carbons (Fsp3) is 0.438. The van der Waals surface area contributed by atoms with Crippen molar-refractivity contribution in [2.24, 2.45) is 0 Å². The second-order valence-electron chi connectivity index (χ2n) is 5.73. The average Bonchev–Trinajstić information content (AvgIpc) is 2.88. The first kappa shape index (κ1) is 15.7. The van der Waals surface area contributed by atoms with Crippen LogP contribution in [0.4, 0.5) is 11.4 Å². The minimum Gasteiger partial charge on any atom is -0.398 e. The highest BCUT2D eigenvalue weighted by atomic mass is 35.5. The van der Waals surface area contributed by atoms with Crippen LogP contribution in [0.5, 0.6) is 0 Å². The number of aromatic nitrogens is 2. The number of anilines is 2. The van der Waals surface area contributed by atoms with Crippen LogP contribution in [-0.2, 0) is 13.0 Å². The largest absolute Gasteiger partial charge is 0.398 e. The van der Waals surface area contributed by atoms with Crippen molar-refractivity contribution in [2.45, 2.75) is 39.3 Å². The first-order chi connectivity index (χ1) is 9.66. The van der Waals surface area contributed by atoms with E-state index in [0.717, 1.165) is 31.6 Å². The number of benzene rings is 1. The SMILES string of the molecule is CC(C)n1nccc1CN1CCCc2c(N)cccc21.Cl. The molecular formula is C16H23ClN4. The van der Waals surface area contributed by atoms with Gasteiger partial charge in [0.25, 0.3) is 0 Å². The summed E-state index contributed by atoms with van der Waals surface area (Å²) in [5.41, 5.74) is 10.9. The molecule has 5 heteroatoms. The van der Waals surface area contributed by atoms with Crippen LogP contribution < -0.4 is 10.6 Å². The number of hydrogen-bond acceptors (Lipinski definition) is 3. The molecule has 3 rings (SSSR count). The Labute approximate surface area is 132 Å². The minimum absolute atomic E-state index is 0. The van der Waals surface area contributed by atoms with E-state index in [0.29, 0.717) is 6.04 Å². The van der Waals surface area contributed by atoms with Gasteiger partial charge in [0.2, 0.25) is 0 Å². The van der Waals surface area contributed by atoms with Crippen LogP contribution in [0.25, 0.3) is 0 Å². The second-order valence-corrected chi connectivity index (χ2v) is 5.73. The lowest BCUT2D eigenvalue weighted by Gasteiger charge is -2.32. The highest BCUT2D eigenvalue weighted by Gasteiger charge is 2.20. The molecule has 2 heterocycles. The quantitative estimate of drug-likeness (QED) is 0.884. The van der Waals surface area contributed by atoms with E-state index in [9.17, 15) is 0 Å². The van der Waals surface area contributed by atoms with Gasteiger partial charge in [-0.1, -0.05) is 6.07 Å². The topological polar surface area (TPSA) is 47.1 Å². The zero-order valence-corrected chi connectivity index (χ0v) is 13.4. The lowest BCUT2D eigenvalue weighted by Crippen LogP contribution is -2.30. The summed E-state index contributed by atoms with van der Waals surface area (Å²) < 4.78 is 2.10. The Balaban J connectivity index is 0.00000161. The fourth-order valence-corrected chi connectivity index (χ4v) is 3.02. The molecule has 114 valence electrons. The maximum atomic E-state index is 6.11. The van der Waals surface area contributed by atoms with Gasteiger partial charge in [-0.05, 0) is 50.5 Å². The molecule has 0 atom stereocenters. The van der Waals surface area contributed by atoms with E-state index in [-0.39, 0.29) is 12.4 Å². The predicted octanol–water partition coefficient (Wildman–Crippen LogP) is 3.42. The normalized spacial score (nSPS) is 14.0. The van der Waals surface area contributed by atoms with Gasteiger partial charge in [-0.15, -0.1) is 12.4 Å². The molecule has 0 saturated carbocycles. The van der Waals surface area contributed by atoms with Gasteiger partial charge >= 0.3 is 0 Å². The number of fused-ring (bicyclic) bond motifs is 1. The Morgan fingerprint density at radius 2 is 2.10 bits per heavy atom. The highest BCUT2D eigenvalue weighted by Crippen LogP contribution is 2.32. The van der Waals surface area contributed by atoms with Crippen molar-refractivity contribution >= 4 is 23.8 Å². The van der Waals surface area contributed by atoms with Crippen LogP contribution >= 0.6 is 12.4 Å². The van der Waals surface area contributed by atoms with Crippen molar-refractivity contribution in [1.29, 1.82) is 0 Å². The van der Waals surface area contributed by atoms with Gasteiger partial charge in [0.15, 0.2) is 0 Å². The lowest BCUT2D eigenvalue weighted by molar-refractivity contribution is 0.503. The van der Waals surface area contributed by atoms with Gasteiger partial charge < -0.3 is 10.6 Å². The molecule has 1 aliphatic rings. The molecule has 4 nitrogen and oxygen atoms in total. The predicted molar refractivity (Wildman–Crippen MR) is 90.1 cm³/mol. The third kappa shape index (κ3) is 3.00. The Hall–Kier alpha value is -1.68. The van der Waals surface area contributed by atoms with Gasteiger partial charge in [-0.3, -0.25) is 4.68 Å². The third-order valence-corrected chi connectivity index (χ3v) is 3.98. The lowest BCUT2D eigenvalue weighted by atomic mass is 10.00. The molecule has 2 N–H and O–H groups in total. The molecule has 1 aromatic heterocycles. The first-order valence-corrected chi connectivity index (χ1v) is 7.31. The number of nitrogen functional groups attached to an aromatic ring is 1. The maximum absolute atomic E-state index is 6.11. The summed E-state index contributed by atoms with van der Waals surface area (Å²) in [7, 11) is 0. The zero-order chi connectivity index (χ0) is 14.1. The second kappa shape index (κ2) is 6.39. The monoisotopic (exact) mass is 306 g/mol. The van der Waals surface area contributed by atoms with Gasteiger partial charge in [0.1, 0.15) is 0 Å². The van der Waals surface area contributed by atoms with E-state index in [4.69, 9.17) is 5.73 Å². The Bertz CT molecular complexity index is 606. The number of nitrogens with zero attached hydrogens (tertiary/aromatic N) is 3. The van der Waals surface area contributed by atoms with Crippen molar-refractivity contribution < 1.29 is 0 Å². The van der Waals surface area contributed by atoms with Gasteiger partial charge in [-0.2, -0.15) is 5.10 Å². The molecule has 0 fully saturated rings. The molecule has 21 heavy (non-hydrogen) atoms. The van der Waals surface area contributed by atoms with Crippen LogP contribution in [0, 0.1) is 0 Å². The number of hydrogen-bond donors (Lipinski definition) is 1. The van der Waals surface area contributed by atoms with E-state index in [1.54, 1.807) is 0 Å². The van der Waals surface area contributed by atoms with Gasteiger partial charge in [-0.25, -0.2) is 0 Å². The summed E-state index contributed by atoms with van der Waals surface area (Å²) in [6.07, 6.45) is 4.14. The van der Waals surface area contributed by atoms with Crippen LogP contribution in [-0.4, -0.2) is 16.3 Å². The van der Waals surface area contributed by atoms with Crippen molar-refractivity contribution in [2.75, 3.05) is 17.2 Å². The summed E-state index contributed by atoms with van der Waals surface area (Å²) >= 11 is 0. The van der Waals surface area contributed by atoms with Crippen LogP contribution in [0.3, 0.4) is 0 Å². The summed E-state index contributed by atoms with van der Waals surface area (Å²) in [6, 6.07) is 8.74. The molecule has 0 unspecified atom stereocenters. The Kier molecular flexibility index (Phi) is 4.78. The van der Waals surface area contributed by atoms with Crippen LogP contribution in [0.1, 0.15) is 37.6 Å². The molecule has 1 aromatic carbocycles. The maximum Gasteiger partial charge on any atom is 0.0599 e. The molecule has 0 bridgehead atoms. The van der Waals surface area contributed by atoms with Crippen molar-refractivity contribution in [3.63, 3.8) is 0 Å². The molecule has 0 amide bonds. The van der Waals surface area contributed by atoms with E-state index < -0.39 is 0 Å². The summed E-state index contributed by atoms with van der Waals surface area (Å²) in [5.74, 6) is 0. The molecule has 0 saturated heterocycles. The molecule has 2 aromatic rings. The Morgan fingerprint density at radius 3 is 2.86 bits per heavy atom. The number of rotatable bonds is 3. The summed E-state index contributed by atoms with van der Waals surface area (Å²) in [5, 5.41) is 4.42. The van der Waals surface area contributed by atoms with Crippen molar-refractivity contribution in [1.82, 2.24) is 9.78 Å². The molecule has 0 spiro atoms. The zero-order valence-electron chi connectivity index (χ0n) is 12.6. The van der Waals surface area contributed by atoms with E-state index in [2.05, 4.69) is 40.7 Å². The molecule has 0 radical (unpaired) electrons. The van der Waals surface area contributed by atoms with E-state index >= 15 is 0 Å². The third-order valence-electron chi connectivity index (χ3n) is 3.98. The molecule has 1 aliphatic heterocycles. The standard InChI is InChI=1S/C16H22N4.ClH/c1-12(2)20-13(8-9-18-20)11-19-10-4-5-14-15(17)6-3-7-16(14)19;/h3,6-9,12H,4-5,10-11,17H2,1-2H3;1H. The average molecular weight is 307 g/mol. The van der Waals surface area contributed by atoms with Crippen molar-refractivity contribution in [3.8, 4) is 0 Å². The van der Waals surface area contributed by atoms with E-state index in [1.165, 1.54) is 16.9 Å². The molecular weight excluding hydrogens is 284 g/mol. The number of halogens is 1. The smallest absolute Gasteiger partial charge is 0.0599 e.